The van der Waals surface area contributed by atoms with E-state index < -0.39 is 11.4 Å². The van der Waals surface area contributed by atoms with Gasteiger partial charge in [0, 0.05) is 24.3 Å². The maximum Gasteiger partial charge on any atom is 0.341 e. The molecule has 0 aliphatic carbocycles. The first-order valence-electron chi connectivity index (χ1n) is 8.29. The molecular formula is C17H16N6O4S. The monoisotopic (exact) mass is 400 g/mol. The third-order valence-corrected chi connectivity index (χ3v) is 5.19. The minimum atomic E-state index is -1.30. The summed E-state index contributed by atoms with van der Waals surface area (Å²) < 4.78 is 1.52. The third kappa shape index (κ3) is 3.00. The van der Waals surface area contributed by atoms with Gasteiger partial charge < -0.3 is 20.6 Å². The van der Waals surface area contributed by atoms with Gasteiger partial charge >= 0.3 is 5.97 Å². The summed E-state index contributed by atoms with van der Waals surface area (Å²) in [5.74, 6) is -0.704. The summed E-state index contributed by atoms with van der Waals surface area (Å²) in [4.78, 5) is 39.7. The van der Waals surface area contributed by atoms with Crippen molar-refractivity contribution in [1.29, 1.82) is 0 Å². The van der Waals surface area contributed by atoms with E-state index in [1.807, 2.05) is 4.90 Å². The molecule has 3 N–H and O–H groups in total. The van der Waals surface area contributed by atoms with Crippen LogP contribution in [-0.2, 0) is 4.84 Å². The van der Waals surface area contributed by atoms with E-state index in [2.05, 4.69) is 15.1 Å². The van der Waals surface area contributed by atoms with Crippen LogP contribution in [0.3, 0.4) is 0 Å². The average Bonchev–Trinajstić information content (AvgIpc) is 3.32. The zero-order valence-corrected chi connectivity index (χ0v) is 15.6. The number of anilines is 1. The Morgan fingerprint density at radius 1 is 1.46 bits per heavy atom. The van der Waals surface area contributed by atoms with E-state index in [1.165, 1.54) is 29.2 Å². The Hall–Kier alpha value is -3.31. The quantitative estimate of drug-likeness (QED) is 0.611. The van der Waals surface area contributed by atoms with Crippen molar-refractivity contribution in [2.45, 2.75) is 6.04 Å². The Labute approximate surface area is 162 Å². The van der Waals surface area contributed by atoms with Crippen molar-refractivity contribution in [1.82, 2.24) is 14.5 Å². The second-order valence-electron chi connectivity index (χ2n) is 6.15. The van der Waals surface area contributed by atoms with Crippen molar-refractivity contribution >= 4 is 39.9 Å². The van der Waals surface area contributed by atoms with Gasteiger partial charge in [0.2, 0.25) is 5.43 Å². The average molecular weight is 400 g/mol. The highest BCUT2D eigenvalue weighted by molar-refractivity contribution is 7.12. The summed E-state index contributed by atoms with van der Waals surface area (Å²) in [7, 11) is 1.46. The van der Waals surface area contributed by atoms with E-state index in [1.54, 1.807) is 23.7 Å². The van der Waals surface area contributed by atoms with Gasteiger partial charge in [-0.1, -0.05) is 5.16 Å². The fraction of sp³-hybridized carbons (Fsp3) is 0.235. The molecule has 1 atom stereocenters. The first-order valence-corrected chi connectivity index (χ1v) is 9.17. The number of rotatable bonds is 4. The van der Waals surface area contributed by atoms with Crippen molar-refractivity contribution in [3.05, 3.63) is 45.7 Å². The number of nitrogens with two attached hydrogens (primary N) is 1. The van der Waals surface area contributed by atoms with E-state index in [0.29, 0.717) is 35.4 Å². The molecule has 11 heteroatoms. The predicted molar refractivity (Wildman–Crippen MR) is 105 cm³/mol. The lowest BCUT2D eigenvalue weighted by atomic mass is 10.2. The van der Waals surface area contributed by atoms with Crippen LogP contribution in [0.15, 0.2) is 39.9 Å². The Kier molecular flexibility index (Phi) is 4.53. The number of nitrogens with zero attached hydrogens (tertiary/aromatic N) is 5. The number of thiazole rings is 1. The van der Waals surface area contributed by atoms with Crippen LogP contribution in [-0.4, -0.2) is 57.6 Å². The van der Waals surface area contributed by atoms with Crippen molar-refractivity contribution in [3.8, 4) is 5.13 Å². The van der Waals surface area contributed by atoms with Gasteiger partial charge in [0.15, 0.2) is 10.8 Å². The Morgan fingerprint density at radius 2 is 2.29 bits per heavy atom. The lowest BCUT2D eigenvalue weighted by molar-refractivity contribution is 0.0695. The largest absolute Gasteiger partial charge is 0.477 e. The molecule has 0 aromatic carbocycles. The molecule has 0 amide bonds. The van der Waals surface area contributed by atoms with Gasteiger partial charge in [-0.05, 0) is 12.1 Å². The van der Waals surface area contributed by atoms with Gasteiger partial charge in [-0.15, -0.1) is 11.3 Å². The molecule has 4 rings (SSSR count). The number of pyridine rings is 2. The molecule has 1 aliphatic heterocycles. The highest BCUT2D eigenvalue weighted by Gasteiger charge is 2.28. The predicted octanol–water partition coefficient (Wildman–Crippen LogP) is 0.690. The molecule has 0 saturated carbocycles. The molecule has 4 heterocycles. The smallest absolute Gasteiger partial charge is 0.341 e. The van der Waals surface area contributed by atoms with Crippen LogP contribution in [0.5, 0.6) is 0 Å². The first kappa shape index (κ1) is 18.1. The molecule has 0 spiro atoms. The Bertz CT molecular complexity index is 1140. The molecule has 0 radical (unpaired) electrons. The molecule has 1 saturated heterocycles. The molecular weight excluding hydrogens is 384 g/mol. The minimum Gasteiger partial charge on any atom is -0.477 e. The second-order valence-corrected chi connectivity index (χ2v) is 7.03. The summed E-state index contributed by atoms with van der Waals surface area (Å²) >= 11 is 1.31. The molecule has 1 unspecified atom stereocenters. The summed E-state index contributed by atoms with van der Waals surface area (Å²) in [6, 6.07) is 2.96. The van der Waals surface area contributed by atoms with Crippen LogP contribution in [0.25, 0.3) is 16.2 Å². The Balaban J connectivity index is 1.89. The summed E-state index contributed by atoms with van der Waals surface area (Å²) in [6.07, 6.45) is 2.86. The maximum atomic E-state index is 12.6. The normalized spacial score (nSPS) is 18.1. The number of hydrogen-bond acceptors (Lipinski definition) is 9. The van der Waals surface area contributed by atoms with E-state index in [0.717, 1.165) is 0 Å². The van der Waals surface area contributed by atoms with Gasteiger partial charge in [-0.3, -0.25) is 9.36 Å². The van der Waals surface area contributed by atoms with Crippen LogP contribution < -0.4 is 16.1 Å². The SMILES string of the molecule is CO/N=C1/CN(c2ccc3c(=O)c(C(=O)O)cn(-c4nccs4)c3n2)CC1N. The van der Waals surface area contributed by atoms with Gasteiger partial charge in [0.05, 0.1) is 23.7 Å². The topological polar surface area (TPSA) is 136 Å². The van der Waals surface area contributed by atoms with Crippen LogP contribution >= 0.6 is 11.3 Å². The number of aromatic carboxylic acids is 1. The molecule has 1 aliphatic rings. The second kappa shape index (κ2) is 7.02. The third-order valence-electron chi connectivity index (χ3n) is 4.42. The van der Waals surface area contributed by atoms with Crippen LogP contribution in [0.2, 0.25) is 0 Å². The van der Waals surface area contributed by atoms with Gasteiger partial charge in [-0.2, -0.15) is 0 Å². The van der Waals surface area contributed by atoms with Crippen molar-refractivity contribution < 1.29 is 14.7 Å². The van der Waals surface area contributed by atoms with Crippen molar-refractivity contribution in [3.63, 3.8) is 0 Å². The molecule has 28 heavy (non-hydrogen) atoms. The van der Waals surface area contributed by atoms with E-state index in [9.17, 15) is 14.7 Å². The molecule has 3 aromatic heterocycles. The molecule has 144 valence electrons. The lowest BCUT2D eigenvalue weighted by Gasteiger charge is -2.17. The van der Waals surface area contributed by atoms with E-state index in [-0.39, 0.29) is 17.0 Å². The number of hydrogen-bond donors (Lipinski definition) is 2. The van der Waals surface area contributed by atoms with Crippen LogP contribution in [0.1, 0.15) is 10.4 Å². The molecule has 10 nitrogen and oxygen atoms in total. The summed E-state index contributed by atoms with van der Waals surface area (Å²) in [6.45, 7) is 0.942. The zero-order chi connectivity index (χ0) is 19.8. The molecule has 3 aromatic rings. The number of oxime groups is 1. The van der Waals surface area contributed by atoms with Crippen LogP contribution in [0, 0.1) is 0 Å². The number of fused-ring (bicyclic) bond motifs is 1. The van der Waals surface area contributed by atoms with Crippen molar-refractivity contribution in [2.24, 2.45) is 10.9 Å². The van der Waals surface area contributed by atoms with E-state index >= 15 is 0 Å². The number of carbonyl (C=O) groups is 1. The maximum absolute atomic E-state index is 12.6. The summed E-state index contributed by atoms with van der Waals surface area (Å²) in [5.41, 5.74) is 6.18. The molecule has 1 fully saturated rings. The van der Waals surface area contributed by atoms with Crippen molar-refractivity contribution in [2.75, 3.05) is 25.1 Å². The highest BCUT2D eigenvalue weighted by Crippen LogP contribution is 2.23. The van der Waals surface area contributed by atoms with Gasteiger partial charge in [-0.25, -0.2) is 14.8 Å². The Morgan fingerprint density at radius 3 is 2.96 bits per heavy atom. The van der Waals surface area contributed by atoms with Gasteiger partial charge in [0.25, 0.3) is 0 Å². The first-order chi connectivity index (χ1) is 13.5. The minimum absolute atomic E-state index is 0.202. The lowest BCUT2D eigenvalue weighted by Crippen LogP contribution is -2.30. The standard InChI is InChI=1S/C17H16N6O4S/c1-27-21-12-8-22(7-11(12)18)13-3-2-9-14(24)10(16(25)26)6-23(15(9)20-13)17-19-4-5-28-17/h2-6,11H,7-8,18H2,1H3,(H,25,26)/b21-12-. The fourth-order valence-electron chi connectivity index (χ4n) is 3.11. The fourth-order valence-corrected chi connectivity index (χ4v) is 3.73. The molecule has 0 bridgehead atoms. The van der Waals surface area contributed by atoms with Gasteiger partial charge in [0.1, 0.15) is 18.5 Å². The highest BCUT2D eigenvalue weighted by atomic mass is 32.1. The zero-order valence-electron chi connectivity index (χ0n) is 14.8. The number of carboxylic acid groups (broad SMARTS) is 1. The van der Waals surface area contributed by atoms with E-state index in [4.69, 9.17) is 10.6 Å². The number of carboxylic acids is 1. The summed E-state index contributed by atoms with van der Waals surface area (Å²) in [5, 5.41) is 15.8. The number of aromatic nitrogens is 3. The van der Waals surface area contributed by atoms with Crippen LogP contribution in [0.4, 0.5) is 5.82 Å².